The van der Waals surface area contributed by atoms with Crippen molar-refractivity contribution in [3.05, 3.63) is 0 Å². The van der Waals surface area contributed by atoms with Gasteiger partial charge >= 0.3 is 0 Å². The van der Waals surface area contributed by atoms with Crippen molar-refractivity contribution < 1.29 is 23.7 Å². The molecule has 0 radical (unpaired) electrons. The molecular weight excluding hydrogens is 368 g/mol. The van der Waals surface area contributed by atoms with Crippen LogP contribution >= 0.6 is 0 Å². The first-order valence-corrected chi connectivity index (χ1v) is 11.6. The van der Waals surface area contributed by atoms with Crippen LogP contribution < -0.4 is 0 Å². The third-order valence-corrected chi connectivity index (χ3v) is 9.64. The Bertz CT molecular complexity index is 596. The molecule has 5 saturated carbocycles. The molecule has 0 N–H and O–H groups in total. The fourth-order valence-corrected chi connectivity index (χ4v) is 8.56. The summed E-state index contributed by atoms with van der Waals surface area (Å²) in [5, 5.41) is 0. The van der Waals surface area contributed by atoms with E-state index in [1.807, 2.05) is 0 Å². The van der Waals surface area contributed by atoms with Crippen molar-refractivity contribution in [3.8, 4) is 0 Å². The lowest BCUT2D eigenvalue weighted by molar-refractivity contribution is -0.274. The summed E-state index contributed by atoms with van der Waals surface area (Å²) < 4.78 is 22.8. The van der Waals surface area contributed by atoms with Crippen LogP contribution in [0, 0.1) is 39.9 Å². The fourth-order valence-electron chi connectivity index (χ4n) is 8.56. The molecule has 5 rings (SSSR count). The molecule has 0 amide bonds. The molecule has 1 spiro atoms. The van der Waals surface area contributed by atoms with Gasteiger partial charge in [-0.25, -0.2) is 0 Å². The maximum atomic E-state index is 12.1. The highest BCUT2D eigenvalue weighted by Gasteiger charge is 2.68. The second-order valence-corrected chi connectivity index (χ2v) is 10.8. The zero-order valence-electron chi connectivity index (χ0n) is 18.8. The molecule has 5 heteroatoms. The van der Waals surface area contributed by atoms with E-state index >= 15 is 0 Å². The van der Waals surface area contributed by atoms with Gasteiger partial charge < -0.3 is 23.7 Å². The van der Waals surface area contributed by atoms with Gasteiger partial charge in [-0.1, -0.05) is 20.3 Å². The second kappa shape index (κ2) is 8.22. The maximum absolute atomic E-state index is 12.1. The third-order valence-electron chi connectivity index (χ3n) is 9.64. The Labute approximate surface area is 176 Å². The molecule has 0 saturated heterocycles. The Morgan fingerprint density at radius 2 is 1.72 bits per heavy atom. The summed E-state index contributed by atoms with van der Waals surface area (Å²) in [6, 6.07) is 0. The van der Waals surface area contributed by atoms with Crippen LogP contribution in [0.25, 0.3) is 0 Å². The first-order valence-electron chi connectivity index (χ1n) is 11.6. The van der Waals surface area contributed by atoms with Crippen molar-refractivity contribution in [1.82, 2.24) is 0 Å². The standard InChI is InChI=1S/C24H40O5/c1-22(14-25)8-5-9-23(2)19(22)7-11-24-10-6-17(12-20(23)24)18(13-28-15-26-3)21(24)29-16-27-4/h14,17-21H,5-13,15-16H2,1-4H3/t17-,18+,19-,20+,21-,22+,23-,24+/m1/s1. The summed E-state index contributed by atoms with van der Waals surface area (Å²) in [4.78, 5) is 12.1. The molecule has 0 aromatic carbocycles. The van der Waals surface area contributed by atoms with Gasteiger partial charge in [0.15, 0.2) is 0 Å². The number of rotatable bonds is 8. The highest BCUT2D eigenvalue weighted by atomic mass is 16.7. The number of aldehydes is 1. The van der Waals surface area contributed by atoms with Crippen LogP contribution in [0.5, 0.6) is 0 Å². The quantitative estimate of drug-likeness (QED) is 0.338. The molecule has 0 aromatic rings. The predicted octanol–water partition coefficient (Wildman–Crippen LogP) is 4.43. The molecule has 5 aliphatic carbocycles. The number of carbonyl (C=O) groups is 1. The molecule has 5 nitrogen and oxygen atoms in total. The lowest BCUT2D eigenvalue weighted by Crippen LogP contribution is -2.67. The van der Waals surface area contributed by atoms with E-state index in [0.29, 0.717) is 43.9 Å². The zero-order valence-corrected chi connectivity index (χ0v) is 18.8. The molecule has 29 heavy (non-hydrogen) atoms. The van der Waals surface area contributed by atoms with Gasteiger partial charge in [-0.15, -0.1) is 0 Å². The molecule has 8 atom stereocenters. The van der Waals surface area contributed by atoms with Crippen LogP contribution in [0.3, 0.4) is 0 Å². The van der Waals surface area contributed by atoms with Crippen LogP contribution in [0.15, 0.2) is 0 Å². The minimum atomic E-state index is -0.158. The lowest BCUT2D eigenvalue weighted by atomic mass is 9.35. The van der Waals surface area contributed by atoms with E-state index in [0.717, 1.165) is 12.8 Å². The number of fused-ring (bicyclic) bond motifs is 3. The van der Waals surface area contributed by atoms with Gasteiger partial charge in [-0.2, -0.15) is 0 Å². The highest BCUT2D eigenvalue weighted by molar-refractivity contribution is 5.60. The van der Waals surface area contributed by atoms with Crippen LogP contribution in [0.2, 0.25) is 0 Å². The second-order valence-electron chi connectivity index (χ2n) is 10.8. The molecule has 5 fully saturated rings. The van der Waals surface area contributed by atoms with Crippen LogP contribution in [-0.2, 0) is 23.7 Å². The SMILES string of the molecule is COCOC[C@H]1[C@@H]2CC[C@@]3(CC[C@H]4[C@@](C)(CCC[C@@]4(C)C=O)[C@@H]3C2)[C@@H]1OCOC. The summed E-state index contributed by atoms with van der Waals surface area (Å²) >= 11 is 0. The van der Waals surface area contributed by atoms with Crippen LogP contribution in [0.1, 0.15) is 65.2 Å². The Hall–Kier alpha value is -0.490. The van der Waals surface area contributed by atoms with Crippen molar-refractivity contribution in [2.75, 3.05) is 34.4 Å². The average Bonchev–Trinajstić information content (AvgIpc) is 2.72. The molecular formula is C24H40O5. The van der Waals surface area contributed by atoms with Crippen molar-refractivity contribution in [2.45, 2.75) is 71.3 Å². The van der Waals surface area contributed by atoms with Crippen LogP contribution in [-0.4, -0.2) is 46.8 Å². The summed E-state index contributed by atoms with van der Waals surface area (Å²) in [5.41, 5.74) is 0.272. The van der Waals surface area contributed by atoms with E-state index in [2.05, 4.69) is 13.8 Å². The van der Waals surface area contributed by atoms with Gasteiger partial charge in [0, 0.05) is 31.0 Å². The maximum Gasteiger partial charge on any atom is 0.146 e. The van der Waals surface area contributed by atoms with E-state index in [-0.39, 0.29) is 22.3 Å². The van der Waals surface area contributed by atoms with E-state index in [1.54, 1.807) is 14.2 Å². The number of methoxy groups -OCH3 is 2. The monoisotopic (exact) mass is 408 g/mol. The summed E-state index contributed by atoms with van der Waals surface area (Å²) in [6.45, 7) is 6.12. The summed E-state index contributed by atoms with van der Waals surface area (Å²) in [7, 11) is 3.39. The number of carbonyl (C=O) groups excluding carboxylic acids is 1. The van der Waals surface area contributed by atoms with Crippen LogP contribution in [0.4, 0.5) is 0 Å². The fraction of sp³-hybridized carbons (Fsp3) is 0.958. The number of hydrogen-bond donors (Lipinski definition) is 0. The smallest absolute Gasteiger partial charge is 0.146 e. The Morgan fingerprint density at radius 3 is 2.45 bits per heavy atom. The van der Waals surface area contributed by atoms with E-state index in [9.17, 15) is 4.79 Å². The van der Waals surface area contributed by atoms with E-state index in [1.165, 1.54) is 44.8 Å². The van der Waals surface area contributed by atoms with Crippen molar-refractivity contribution in [3.63, 3.8) is 0 Å². The van der Waals surface area contributed by atoms with E-state index < -0.39 is 0 Å². The first-order chi connectivity index (χ1) is 13.9. The molecule has 2 bridgehead atoms. The number of ether oxygens (including phenoxy) is 4. The van der Waals surface area contributed by atoms with E-state index in [4.69, 9.17) is 18.9 Å². The Balaban J connectivity index is 1.66. The Morgan fingerprint density at radius 1 is 0.966 bits per heavy atom. The lowest BCUT2D eigenvalue weighted by Gasteiger charge is -2.70. The number of hydrogen-bond acceptors (Lipinski definition) is 5. The third kappa shape index (κ3) is 3.31. The minimum absolute atomic E-state index is 0.158. The summed E-state index contributed by atoms with van der Waals surface area (Å²) in [5.74, 6) is 2.17. The topological polar surface area (TPSA) is 54.0 Å². The zero-order chi connectivity index (χ0) is 20.7. The molecule has 166 valence electrons. The van der Waals surface area contributed by atoms with Crippen molar-refractivity contribution in [1.29, 1.82) is 0 Å². The Kier molecular flexibility index (Phi) is 6.16. The molecule has 0 heterocycles. The minimum Gasteiger partial charge on any atom is -0.359 e. The average molecular weight is 409 g/mol. The highest BCUT2D eigenvalue weighted by Crippen LogP contribution is 2.72. The molecule has 0 aliphatic heterocycles. The van der Waals surface area contributed by atoms with Gasteiger partial charge in [0.25, 0.3) is 0 Å². The van der Waals surface area contributed by atoms with Gasteiger partial charge in [-0.05, 0) is 68.1 Å². The predicted molar refractivity (Wildman–Crippen MR) is 110 cm³/mol. The first kappa shape index (κ1) is 21.7. The van der Waals surface area contributed by atoms with Gasteiger partial charge in [0.2, 0.25) is 0 Å². The molecule has 5 aliphatic rings. The summed E-state index contributed by atoms with van der Waals surface area (Å²) in [6.07, 6.45) is 11.0. The van der Waals surface area contributed by atoms with Crippen molar-refractivity contribution in [2.24, 2.45) is 39.9 Å². The van der Waals surface area contributed by atoms with Crippen molar-refractivity contribution >= 4 is 6.29 Å². The van der Waals surface area contributed by atoms with Gasteiger partial charge in [-0.3, -0.25) is 0 Å². The largest absolute Gasteiger partial charge is 0.359 e. The van der Waals surface area contributed by atoms with Gasteiger partial charge in [0.05, 0.1) is 12.7 Å². The normalized spacial score (nSPS) is 48.8. The molecule has 0 unspecified atom stereocenters. The van der Waals surface area contributed by atoms with Gasteiger partial charge in [0.1, 0.15) is 19.9 Å². The molecule has 0 aromatic heterocycles.